The number of anilines is 1. The van der Waals surface area contributed by atoms with Crippen molar-refractivity contribution in [2.24, 2.45) is 0 Å². The number of aromatic carboxylic acids is 1. The molecule has 1 aromatic carbocycles. The van der Waals surface area contributed by atoms with Gasteiger partial charge in [-0.3, -0.25) is 9.78 Å². The highest BCUT2D eigenvalue weighted by atomic mass is 16.4. The molecule has 0 unspecified atom stereocenters. The molecule has 0 aliphatic carbocycles. The molecular formula is C23H15N5O4. The summed E-state index contributed by atoms with van der Waals surface area (Å²) in [5.41, 5.74) is 2.62. The zero-order valence-electron chi connectivity index (χ0n) is 16.6. The number of hydrogen-bond donors (Lipinski definition) is 2. The zero-order valence-corrected chi connectivity index (χ0v) is 16.6. The summed E-state index contributed by atoms with van der Waals surface area (Å²) in [6.45, 7) is 1.07. The molecule has 0 bridgehead atoms. The van der Waals surface area contributed by atoms with E-state index in [-0.39, 0.29) is 16.8 Å². The number of benzene rings is 1. The molecule has 32 heavy (non-hydrogen) atoms. The Hall–Kier alpha value is -4.71. The highest BCUT2D eigenvalue weighted by Crippen LogP contribution is 2.33. The van der Waals surface area contributed by atoms with Crippen molar-refractivity contribution in [2.45, 2.75) is 13.1 Å². The van der Waals surface area contributed by atoms with Crippen LogP contribution in [0.2, 0.25) is 0 Å². The number of carboxylic acids is 1. The fourth-order valence-corrected chi connectivity index (χ4v) is 3.97. The number of hydrogen-bond acceptors (Lipinski definition) is 7. The van der Waals surface area contributed by atoms with Crippen molar-refractivity contribution in [3.8, 4) is 17.6 Å². The third-order valence-electron chi connectivity index (χ3n) is 5.51. The van der Waals surface area contributed by atoms with E-state index >= 15 is 0 Å². The summed E-state index contributed by atoms with van der Waals surface area (Å²) < 4.78 is 1.53. The van der Waals surface area contributed by atoms with E-state index in [1.54, 1.807) is 18.3 Å². The summed E-state index contributed by atoms with van der Waals surface area (Å²) in [5.74, 6) is -1.56. The van der Waals surface area contributed by atoms with Gasteiger partial charge in [-0.05, 0) is 29.8 Å². The minimum absolute atomic E-state index is 0.105. The first-order valence-corrected chi connectivity index (χ1v) is 9.66. The number of nitrogens with zero attached hydrogens (tertiary/aromatic N) is 5. The van der Waals surface area contributed by atoms with Gasteiger partial charge in [0.25, 0.3) is 0 Å². The Morgan fingerprint density at radius 2 is 2.00 bits per heavy atom. The molecule has 0 spiro atoms. The van der Waals surface area contributed by atoms with Gasteiger partial charge >= 0.3 is 5.97 Å². The first-order valence-electron chi connectivity index (χ1n) is 9.66. The van der Waals surface area contributed by atoms with E-state index in [0.717, 1.165) is 11.3 Å². The van der Waals surface area contributed by atoms with Gasteiger partial charge in [0.1, 0.15) is 11.6 Å². The molecule has 1 aliphatic heterocycles. The lowest BCUT2D eigenvalue weighted by Gasteiger charge is -2.21. The van der Waals surface area contributed by atoms with Crippen LogP contribution in [0.3, 0.4) is 0 Å². The third-order valence-corrected chi connectivity index (χ3v) is 5.51. The summed E-state index contributed by atoms with van der Waals surface area (Å²) in [4.78, 5) is 34.9. The van der Waals surface area contributed by atoms with Gasteiger partial charge in [0.2, 0.25) is 11.3 Å². The number of fused-ring (bicyclic) bond motifs is 2. The number of carboxylic acid groups (broad SMARTS) is 1. The van der Waals surface area contributed by atoms with Crippen molar-refractivity contribution in [3.63, 3.8) is 0 Å². The molecule has 5 rings (SSSR count). The summed E-state index contributed by atoms with van der Waals surface area (Å²) in [7, 11) is 0. The quantitative estimate of drug-likeness (QED) is 0.512. The lowest BCUT2D eigenvalue weighted by atomic mass is 10.1. The molecule has 4 aromatic rings. The lowest BCUT2D eigenvalue weighted by molar-refractivity contribution is 0.0695. The fraction of sp³-hybridized carbons (Fsp3) is 0.0870. The van der Waals surface area contributed by atoms with Gasteiger partial charge in [-0.2, -0.15) is 5.26 Å². The van der Waals surface area contributed by atoms with E-state index in [1.165, 1.54) is 29.1 Å². The fourth-order valence-electron chi connectivity index (χ4n) is 3.97. The first kappa shape index (κ1) is 19.3. The molecule has 9 nitrogen and oxygen atoms in total. The van der Waals surface area contributed by atoms with E-state index < -0.39 is 17.0 Å². The Balaban J connectivity index is 1.78. The number of carbonyl (C=O) groups is 1. The SMILES string of the molecule is N#Cc1cc2c(=O)c(C(=O)O)cn(-c3ccc(O)nc3)c2cc1N1Cc2cccnc2C1. The van der Waals surface area contributed by atoms with Crippen LogP contribution < -0.4 is 10.3 Å². The molecule has 9 heteroatoms. The Morgan fingerprint density at radius 3 is 2.69 bits per heavy atom. The van der Waals surface area contributed by atoms with E-state index in [2.05, 4.69) is 16.0 Å². The van der Waals surface area contributed by atoms with Gasteiger partial charge in [0.15, 0.2) is 0 Å². The molecule has 0 saturated heterocycles. The van der Waals surface area contributed by atoms with Gasteiger partial charge in [-0.1, -0.05) is 6.07 Å². The second-order valence-electron chi connectivity index (χ2n) is 7.39. The van der Waals surface area contributed by atoms with Gasteiger partial charge in [-0.15, -0.1) is 0 Å². The summed E-state index contributed by atoms with van der Waals surface area (Å²) in [5, 5.41) is 29.0. The maximum absolute atomic E-state index is 12.9. The van der Waals surface area contributed by atoms with Crippen LogP contribution in [0.5, 0.6) is 5.88 Å². The van der Waals surface area contributed by atoms with Crippen LogP contribution >= 0.6 is 0 Å². The normalized spacial score (nSPS) is 12.5. The smallest absolute Gasteiger partial charge is 0.341 e. The van der Waals surface area contributed by atoms with Crippen LogP contribution in [-0.2, 0) is 13.1 Å². The van der Waals surface area contributed by atoms with Crippen LogP contribution in [0.1, 0.15) is 27.2 Å². The van der Waals surface area contributed by atoms with Crippen molar-refractivity contribution in [1.29, 1.82) is 5.26 Å². The molecule has 0 amide bonds. The summed E-state index contributed by atoms with van der Waals surface area (Å²) >= 11 is 0. The largest absolute Gasteiger partial charge is 0.493 e. The average molecular weight is 425 g/mol. The maximum atomic E-state index is 12.9. The van der Waals surface area contributed by atoms with Gasteiger partial charge in [-0.25, -0.2) is 9.78 Å². The van der Waals surface area contributed by atoms with E-state index in [1.807, 2.05) is 17.0 Å². The number of aromatic hydroxyl groups is 1. The molecule has 1 aliphatic rings. The standard InChI is InChI=1S/C23H15N5O4/c24-8-14-6-16-20(7-19(14)27-10-13-2-1-5-25-18(13)12-27)28(11-17(22(16)30)23(31)32)15-3-4-21(29)26-9-15/h1-7,9,11H,10,12H2,(H,26,29)(H,31,32). The van der Waals surface area contributed by atoms with Crippen LogP contribution in [0.15, 0.2) is 59.8 Å². The van der Waals surface area contributed by atoms with Crippen LogP contribution in [0.4, 0.5) is 5.69 Å². The lowest BCUT2D eigenvalue weighted by Crippen LogP contribution is -2.20. The zero-order chi connectivity index (χ0) is 22.4. The van der Waals surface area contributed by atoms with Crippen molar-refractivity contribution >= 4 is 22.6 Å². The molecule has 0 atom stereocenters. The second kappa shape index (κ2) is 7.21. The average Bonchev–Trinajstić information content (AvgIpc) is 3.23. The molecule has 0 radical (unpaired) electrons. The van der Waals surface area contributed by atoms with E-state index in [0.29, 0.717) is 30.0 Å². The first-order chi connectivity index (χ1) is 15.5. The van der Waals surface area contributed by atoms with Crippen molar-refractivity contribution in [3.05, 3.63) is 87.6 Å². The highest BCUT2D eigenvalue weighted by molar-refractivity contribution is 5.95. The topological polar surface area (TPSA) is 132 Å². The van der Waals surface area contributed by atoms with E-state index in [4.69, 9.17) is 0 Å². The van der Waals surface area contributed by atoms with Crippen LogP contribution in [0, 0.1) is 11.3 Å². The van der Waals surface area contributed by atoms with Crippen molar-refractivity contribution in [1.82, 2.24) is 14.5 Å². The van der Waals surface area contributed by atoms with E-state index in [9.17, 15) is 25.1 Å². The van der Waals surface area contributed by atoms with Crippen LogP contribution in [0.25, 0.3) is 16.6 Å². The Bertz CT molecular complexity index is 1480. The van der Waals surface area contributed by atoms with Gasteiger partial charge in [0.05, 0.1) is 40.9 Å². The minimum atomic E-state index is -1.37. The van der Waals surface area contributed by atoms with Crippen LogP contribution in [-0.4, -0.2) is 30.7 Å². The predicted octanol–water partition coefficient (Wildman–Crippen LogP) is 2.58. The number of nitriles is 1. The van der Waals surface area contributed by atoms with Crippen molar-refractivity contribution < 1.29 is 15.0 Å². The van der Waals surface area contributed by atoms with Gasteiger partial charge < -0.3 is 19.7 Å². The minimum Gasteiger partial charge on any atom is -0.493 e. The molecule has 156 valence electrons. The molecule has 2 N–H and O–H groups in total. The second-order valence-corrected chi connectivity index (χ2v) is 7.39. The number of rotatable bonds is 3. The third kappa shape index (κ3) is 3.02. The monoisotopic (exact) mass is 425 g/mol. The van der Waals surface area contributed by atoms with Gasteiger partial charge in [0, 0.05) is 30.4 Å². The molecule has 4 heterocycles. The maximum Gasteiger partial charge on any atom is 0.341 e. The Morgan fingerprint density at radius 1 is 1.16 bits per heavy atom. The Labute approximate surface area is 181 Å². The Kier molecular flexibility index (Phi) is 4.34. The molecule has 3 aromatic heterocycles. The molecular weight excluding hydrogens is 410 g/mol. The molecule has 0 saturated carbocycles. The summed E-state index contributed by atoms with van der Waals surface area (Å²) in [6, 6.07) is 12.0. The molecule has 0 fully saturated rings. The van der Waals surface area contributed by atoms with Crippen molar-refractivity contribution in [2.75, 3.05) is 4.90 Å². The summed E-state index contributed by atoms with van der Waals surface area (Å²) in [6.07, 6.45) is 4.33. The number of aromatic nitrogens is 3. The predicted molar refractivity (Wildman–Crippen MR) is 115 cm³/mol. The number of pyridine rings is 3. The highest BCUT2D eigenvalue weighted by Gasteiger charge is 2.24.